The highest BCUT2D eigenvalue weighted by Crippen LogP contribution is 2.45. The Morgan fingerprint density at radius 2 is 2.26 bits per heavy atom. The van der Waals surface area contributed by atoms with E-state index in [2.05, 4.69) is 43.5 Å². The molecule has 3 heterocycles. The molecule has 7 heteroatoms. The van der Waals surface area contributed by atoms with Gasteiger partial charge in [-0.1, -0.05) is 23.4 Å². The molecular formula is C12H9N5OS. The second-order valence-electron chi connectivity index (χ2n) is 4.21. The van der Waals surface area contributed by atoms with Gasteiger partial charge in [-0.2, -0.15) is 10.1 Å². The summed E-state index contributed by atoms with van der Waals surface area (Å²) in [6, 6.07) is 8.35. The van der Waals surface area contributed by atoms with Gasteiger partial charge < -0.3 is 4.52 Å². The largest absolute Gasteiger partial charge is 0.338 e. The lowest BCUT2D eigenvalue weighted by Gasteiger charge is -1.99. The van der Waals surface area contributed by atoms with Crippen molar-refractivity contribution >= 4 is 11.8 Å². The number of nitrogens with one attached hydrogen (secondary N) is 1. The molecule has 1 aromatic carbocycles. The third-order valence-electron chi connectivity index (χ3n) is 2.99. The summed E-state index contributed by atoms with van der Waals surface area (Å²) >= 11 is 1.76. The number of nitrogens with zero attached hydrogens (tertiary/aromatic N) is 4. The van der Waals surface area contributed by atoms with E-state index < -0.39 is 0 Å². The first-order valence-electron chi connectivity index (χ1n) is 5.84. The molecule has 19 heavy (non-hydrogen) atoms. The Labute approximate surface area is 112 Å². The van der Waals surface area contributed by atoms with Crippen molar-refractivity contribution in [3.63, 3.8) is 0 Å². The van der Waals surface area contributed by atoms with Crippen LogP contribution in [-0.2, 0) is 6.42 Å². The maximum Gasteiger partial charge on any atom is 0.240 e. The standard InChI is InChI=1S/C12H9N5OS/c1-2-4-8-7(3-1)5-9(19-8)12-15-11(17-18-12)10-13-6-14-16-10/h1-4,6,9H,5H2,(H,13,14,16). The summed E-state index contributed by atoms with van der Waals surface area (Å²) in [4.78, 5) is 9.68. The highest BCUT2D eigenvalue weighted by Gasteiger charge is 2.28. The lowest BCUT2D eigenvalue weighted by Crippen LogP contribution is -1.93. The van der Waals surface area contributed by atoms with Crippen LogP contribution in [0.15, 0.2) is 40.0 Å². The van der Waals surface area contributed by atoms with Crippen LogP contribution in [0.2, 0.25) is 0 Å². The number of hydrogen-bond acceptors (Lipinski definition) is 6. The van der Waals surface area contributed by atoms with E-state index in [1.54, 1.807) is 11.8 Å². The zero-order chi connectivity index (χ0) is 12.7. The Kier molecular flexibility index (Phi) is 2.37. The minimum Gasteiger partial charge on any atom is -0.338 e. The summed E-state index contributed by atoms with van der Waals surface area (Å²) in [6.07, 6.45) is 2.34. The monoisotopic (exact) mass is 271 g/mol. The van der Waals surface area contributed by atoms with Gasteiger partial charge in [0.2, 0.25) is 11.7 Å². The zero-order valence-electron chi connectivity index (χ0n) is 9.78. The maximum absolute atomic E-state index is 5.33. The van der Waals surface area contributed by atoms with Gasteiger partial charge in [0.1, 0.15) is 6.33 Å². The summed E-state index contributed by atoms with van der Waals surface area (Å²) in [5.74, 6) is 1.60. The van der Waals surface area contributed by atoms with Crippen LogP contribution in [0.4, 0.5) is 0 Å². The summed E-state index contributed by atoms with van der Waals surface area (Å²) in [5.41, 5.74) is 1.33. The molecule has 0 fully saturated rings. The molecule has 0 spiro atoms. The average molecular weight is 271 g/mol. The predicted molar refractivity (Wildman–Crippen MR) is 68.4 cm³/mol. The van der Waals surface area contributed by atoms with Crippen LogP contribution >= 0.6 is 11.8 Å². The molecule has 0 amide bonds. The molecule has 3 aromatic rings. The maximum atomic E-state index is 5.33. The molecule has 1 unspecified atom stereocenters. The van der Waals surface area contributed by atoms with Crippen LogP contribution in [0.1, 0.15) is 16.7 Å². The number of benzene rings is 1. The molecule has 0 bridgehead atoms. The first-order chi connectivity index (χ1) is 9.40. The van der Waals surface area contributed by atoms with Crippen molar-refractivity contribution in [1.29, 1.82) is 0 Å². The van der Waals surface area contributed by atoms with Gasteiger partial charge >= 0.3 is 0 Å². The van der Waals surface area contributed by atoms with Crippen molar-refractivity contribution in [3.05, 3.63) is 42.0 Å². The Balaban J connectivity index is 1.62. The molecule has 2 aromatic heterocycles. The quantitative estimate of drug-likeness (QED) is 0.770. The van der Waals surface area contributed by atoms with Crippen molar-refractivity contribution < 1.29 is 4.52 Å². The van der Waals surface area contributed by atoms with Crippen molar-refractivity contribution in [3.8, 4) is 11.6 Å². The predicted octanol–water partition coefficient (Wildman–Crippen LogP) is 2.24. The van der Waals surface area contributed by atoms with Gasteiger partial charge in [-0.25, -0.2) is 4.98 Å². The van der Waals surface area contributed by atoms with E-state index in [-0.39, 0.29) is 5.25 Å². The normalized spacial score (nSPS) is 17.6. The van der Waals surface area contributed by atoms with Crippen molar-refractivity contribution in [1.82, 2.24) is 25.3 Å². The molecular weight excluding hydrogens is 262 g/mol. The van der Waals surface area contributed by atoms with Crippen molar-refractivity contribution in [2.75, 3.05) is 0 Å². The smallest absolute Gasteiger partial charge is 0.240 e. The lowest BCUT2D eigenvalue weighted by atomic mass is 10.1. The number of thioether (sulfide) groups is 1. The first kappa shape index (κ1) is 10.7. The number of aromatic amines is 1. The second-order valence-corrected chi connectivity index (χ2v) is 5.45. The van der Waals surface area contributed by atoms with Crippen LogP contribution in [-0.4, -0.2) is 25.3 Å². The SMILES string of the molecule is c1ccc2c(c1)CC(c1nc(-c3ncn[nH]3)no1)S2. The van der Waals surface area contributed by atoms with Gasteiger partial charge in [0, 0.05) is 4.90 Å². The summed E-state index contributed by atoms with van der Waals surface area (Å²) in [6.45, 7) is 0. The minimum atomic E-state index is 0.182. The molecule has 94 valence electrons. The highest BCUT2D eigenvalue weighted by atomic mass is 32.2. The van der Waals surface area contributed by atoms with Crippen LogP contribution in [0.25, 0.3) is 11.6 Å². The van der Waals surface area contributed by atoms with Gasteiger partial charge in [-0.15, -0.1) is 11.8 Å². The van der Waals surface area contributed by atoms with Gasteiger partial charge in [0.15, 0.2) is 5.82 Å². The zero-order valence-corrected chi connectivity index (χ0v) is 10.6. The van der Waals surface area contributed by atoms with Gasteiger partial charge in [-0.3, -0.25) is 5.10 Å². The van der Waals surface area contributed by atoms with Gasteiger partial charge in [0.25, 0.3) is 0 Å². The Hall–Kier alpha value is -2.15. The molecule has 0 radical (unpaired) electrons. The van der Waals surface area contributed by atoms with E-state index in [0.717, 1.165) is 6.42 Å². The number of H-pyrrole nitrogens is 1. The number of aromatic nitrogens is 5. The molecule has 4 rings (SSSR count). The van der Waals surface area contributed by atoms with Crippen LogP contribution < -0.4 is 0 Å². The van der Waals surface area contributed by atoms with E-state index in [1.165, 1.54) is 16.8 Å². The molecule has 1 atom stereocenters. The third-order valence-corrected chi connectivity index (χ3v) is 4.30. The summed E-state index contributed by atoms with van der Waals surface area (Å²) < 4.78 is 5.33. The second kappa shape index (κ2) is 4.20. The Bertz CT molecular complexity index is 684. The first-order valence-corrected chi connectivity index (χ1v) is 6.72. The fourth-order valence-corrected chi connectivity index (χ4v) is 3.32. The number of fused-ring (bicyclic) bond motifs is 1. The molecule has 1 N–H and O–H groups in total. The Morgan fingerprint density at radius 3 is 3.11 bits per heavy atom. The fraction of sp³-hybridized carbons (Fsp3) is 0.167. The van der Waals surface area contributed by atoms with Crippen LogP contribution in [0, 0.1) is 0 Å². The molecule has 0 saturated carbocycles. The van der Waals surface area contributed by atoms with Crippen LogP contribution in [0.3, 0.4) is 0 Å². The van der Waals surface area contributed by atoms with E-state index in [0.29, 0.717) is 17.5 Å². The van der Waals surface area contributed by atoms with Crippen molar-refractivity contribution in [2.45, 2.75) is 16.6 Å². The lowest BCUT2D eigenvalue weighted by molar-refractivity contribution is 0.377. The van der Waals surface area contributed by atoms with Gasteiger partial charge in [0.05, 0.1) is 5.25 Å². The highest BCUT2D eigenvalue weighted by molar-refractivity contribution is 7.99. The van der Waals surface area contributed by atoms with E-state index in [4.69, 9.17) is 4.52 Å². The summed E-state index contributed by atoms with van der Waals surface area (Å²) in [7, 11) is 0. The van der Waals surface area contributed by atoms with E-state index >= 15 is 0 Å². The van der Waals surface area contributed by atoms with Gasteiger partial charge in [-0.05, 0) is 18.1 Å². The van der Waals surface area contributed by atoms with Crippen LogP contribution in [0.5, 0.6) is 0 Å². The molecule has 1 aliphatic heterocycles. The average Bonchev–Trinajstić information content (AvgIpc) is 3.17. The minimum absolute atomic E-state index is 0.182. The summed E-state index contributed by atoms with van der Waals surface area (Å²) in [5, 5.41) is 10.6. The number of rotatable bonds is 2. The molecule has 0 aliphatic carbocycles. The van der Waals surface area contributed by atoms with E-state index in [1.807, 2.05) is 6.07 Å². The molecule has 1 aliphatic rings. The topological polar surface area (TPSA) is 80.5 Å². The number of hydrogen-bond donors (Lipinski definition) is 1. The molecule has 0 saturated heterocycles. The fourth-order valence-electron chi connectivity index (χ4n) is 2.10. The Morgan fingerprint density at radius 1 is 1.32 bits per heavy atom. The van der Waals surface area contributed by atoms with Crippen molar-refractivity contribution in [2.24, 2.45) is 0 Å². The van der Waals surface area contributed by atoms with E-state index in [9.17, 15) is 0 Å². The molecule has 6 nitrogen and oxygen atoms in total. The third kappa shape index (κ3) is 1.82.